The van der Waals surface area contributed by atoms with E-state index in [-0.39, 0.29) is 0 Å². The summed E-state index contributed by atoms with van der Waals surface area (Å²) in [4.78, 5) is 8.52. The molecule has 0 radical (unpaired) electrons. The van der Waals surface area contributed by atoms with Gasteiger partial charge in [-0.05, 0) is 54.6 Å². The molecule has 4 aromatic heterocycles. The molecule has 4 rings (SSSR count). The summed E-state index contributed by atoms with van der Waals surface area (Å²) < 4.78 is 0. The molecular weight excluding hydrogens is 370 g/mol. The van der Waals surface area contributed by atoms with Gasteiger partial charge in [-0.1, -0.05) is 38.3 Å². The normalized spacial score (nSPS) is 10.4. The summed E-state index contributed by atoms with van der Waals surface area (Å²) in [6, 6.07) is 16.5. The van der Waals surface area contributed by atoms with Crippen molar-refractivity contribution in [2.24, 2.45) is 0 Å². The number of hydrogen-bond donors (Lipinski definition) is 1. The van der Waals surface area contributed by atoms with Crippen LogP contribution in [0.5, 0.6) is 0 Å². The van der Waals surface area contributed by atoms with Crippen LogP contribution >= 0.6 is 22.7 Å². The van der Waals surface area contributed by atoms with Gasteiger partial charge in [0, 0.05) is 27.0 Å². The zero-order chi connectivity index (χ0) is 18.7. The van der Waals surface area contributed by atoms with Crippen molar-refractivity contribution in [1.29, 1.82) is 0 Å². The van der Waals surface area contributed by atoms with Crippen LogP contribution in [0.1, 0.15) is 37.5 Å². The molecule has 4 heterocycles. The number of nitrogens with one attached hydrogen (secondary N) is 1. The Morgan fingerprint density at radius 1 is 0.889 bits per heavy atom. The molecule has 0 aliphatic heterocycles. The van der Waals surface area contributed by atoms with E-state index >= 15 is 0 Å². The third kappa shape index (κ3) is 6.15. The van der Waals surface area contributed by atoms with Crippen LogP contribution in [0.2, 0.25) is 0 Å². The molecular formula is C22H25N3S2. The minimum absolute atomic E-state index is 0.880. The maximum Gasteiger partial charge on any atom is 0.110 e. The molecule has 1 N–H and O–H groups in total. The number of pyridine rings is 1. The summed E-state index contributed by atoms with van der Waals surface area (Å²) in [5, 5.41) is 8.89. The molecule has 0 unspecified atom stereocenters. The minimum Gasteiger partial charge on any atom is -0.285 e. The molecule has 5 heteroatoms. The Morgan fingerprint density at radius 2 is 1.85 bits per heavy atom. The lowest BCUT2D eigenvalue weighted by Crippen LogP contribution is -1.80. The van der Waals surface area contributed by atoms with E-state index in [1.165, 1.54) is 41.9 Å². The van der Waals surface area contributed by atoms with Gasteiger partial charge in [0.1, 0.15) is 5.69 Å². The van der Waals surface area contributed by atoms with Gasteiger partial charge >= 0.3 is 0 Å². The first kappa shape index (κ1) is 19.5. The van der Waals surface area contributed by atoms with Gasteiger partial charge in [-0.3, -0.25) is 10.1 Å². The first-order valence-electron chi connectivity index (χ1n) is 9.40. The van der Waals surface area contributed by atoms with E-state index in [1.807, 2.05) is 46.9 Å². The number of H-pyrrole nitrogens is 1. The van der Waals surface area contributed by atoms with Crippen molar-refractivity contribution in [3.8, 4) is 21.1 Å². The van der Waals surface area contributed by atoms with Crippen molar-refractivity contribution in [2.45, 2.75) is 39.0 Å². The van der Waals surface area contributed by atoms with Gasteiger partial charge in [-0.2, -0.15) is 5.10 Å². The third-order valence-corrected chi connectivity index (χ3v) is 6.34. The molecule has 0 bridgehead atoms. The molecule has 0 fully saturated rings. The average molecular weight is 396 g/mol. The van der Waals surface area contributed by atoms with Crippen molar-refractivity contribution in [2.75, 3.05) is 0 Å². The zero-order valence-corrected chi connectivity index (χ0v) is 17.2. The van der Waals surface area contributed by atoms with Gasteiger partial charge in [-0.25, -0.2) is 0 Å². The molecule has 0 aliphatic rings. The SMILES string of the molecule is CCCCCCc1ccc(-c2cccs2)s1.c1ccc(-c2cc[nH]n2)nc1. The van der Waals surface area contributed by atoms with Gasteiger partial charge in [0.05, 0.1) is 5.69 Å². The van der Waals surface area contributed by atoms with Crippen LogP contribution < -0.4 is 0 Å². The number of nitrogens with zero attached hydrogens (tertiary/aromatic N) is 2. The Hall–Kier alpha value is -2.24. The molecule has 140 valence electrons. The van der Waals surface area contributed by atoms with Crippen LogP contribution in [-0.4, -0.2) is 15.2 Å². The predicted molar refractivity (Wildman–Crippen MR) is 117 cm³/mol. The number of rotatable bonds is 7. The van der Waals surface area contributed by atoms with Gasteiger partial charge < -0.3 is 0 Å². The van der Waals surface area contributed by atoms with Crippen LogP contribution in [0, 0.1) is 0 Å². The summed E-state index contributed by atoms with van der Waals surface area (Å²) in [5.41, 5.74) is 1.78. The van der Waals surface area contributed by atoms with Crippen LogP contribution in [0.15, 0.2) is 66.3 Å². The Bertz CT molecular complexity index is 866. The highest BCUT2D eigenvalue weighted by atomic mass is 32.1. The molecule has 4 aromatic rings. The fourth-order valence-corrected chi connectivity index (χ4v) is 4.59. The van der Waals surface area contributed by atoms with Crippen LogP contribution in [0.4, 0.5) is 0 Å². The fourth-order valence-electron chi connectivity index (χ4n) is 2.71. The molecule has 0 saturated carbocycles. The summed E-state index contributed by atoms with van der Waals surface area (Å²) in [6.07, 6.45) is 10.2. The topological polar surface area (TPSA) is 41.6 Å². The second-order valence-corrected chi connectivity index (χ2v) is 8.34. The lowest BCUT2D eigenvalue weighted by Gasteiger charge is -1.96. The van der Waals surface area contributed by atoms with Crippen molar-refractivity contribution in [1.82, 2.24) is 15.2 Å². The van der Waals surface area contributed by atoms with Crippen molar-refractivity contribution in [3.63, 3.8) is 0 Å². The van der Waals surface area contributed by atoms with Crippen molar-refractivity contribution >= 4 is 22.7 Å². The van der Waals surface area contributed by atoms with E-state index < -0.39 is 0 Å². The summed E-state index contributed by atoms with van der Waals surface area (Å²) >= 11 is 3.79. The number of thiophene rings is 2. The van der Waals surface area contributed by atoms with E-state index in [2.05, 4.69) is 51.8 Å². The molecule has 27 heavy (non-hydrogen) atoms. The summed E-state index contributed by atoms with van der Waals surface area (Å²) in [6.45, 7) is 2.26. The van der Waals surface area contributed by atoms with Gasteiger partial charge in [-0.15, -0.1) is 22.7 Å². The highest BCUT2D eigenvalue weighted by Gasteiger charge is 2.03. The first-order chi connectivity index (χ1) is 13.4. The first-order valence-corrected chi connectivity index (χ1v) is 11.1. The van der Waals surface area contributed by atoms with E-state index in [0.29, 0.717) is 0 Å². The lowest BCUT2D eigenvalue weighted by atomic mass is 10.1. The average Bonchev–Trinajstić information content (AvgIpc) is 3.49. The predicted octanol–water partition coefficient (Wildman–Crippen LogP) is 7.07. The minimum atomic E-state index is 0.880. The molecule has 0 aromatic carbocycles. The summed E-state index contributed by atoms with van der Waals surface area (Å²) in [5.74, 6) is 0. The number of aromatic nitrogens is 3. The van der Waals surface area contributed by atoms with E-state index in [0.717, 1.165) is 11.4 Å². The highest BCUT2D eigenvalue weighted by molar-refractivity contribution is 7.21. The highest BCUT2D eigenvalue weighted by Crippen LogP contribution is 2.32. The van der Waals surface area contributed by atoms with Crippen molar-refractivity contribution < 1.29 is 0 Å². The smallest absolute Gasteiger partial charge is 0.110 e. The Kier molecular flexibility index (Phi) is 7.81. The Balaban J connectivity index is 0.000000166. The van der Waals surface area contributed by atoms with E-state index in [9.17, 15) is 0 Å². The van der Waals surface area contributed by atoms with Gasteiger partial charge in [0.25, 0.3) is 0 Å². The largest absolute Gasteiger partial charge is 0.285 e. The lowest BCUT2D eigenvalue weighted by molar-refractivity contribution is 0.670. The monoisotopic (exact) mass is 395 g/mol. The van der Waals surface area contributed by atoms with Gasteiger partial charge in [0.2, 0.25) is 0 Å². The number of unbranched alkanes of at least 4 members (excludes halogenated alkanes) is 3. The fraction of sp³-hybridized carbons (Fsp3) is 0.273. The number of hydrogen-bond acceptors (Lipinski definition) is 4. The van der Waals surface area contributed by atoms with Crippen LogP contribution in [0.3, 0.4) is 0 Å². The van der Waals surface area contributed by atoms with Gasteiger partial charge in [0.15, 0.2) is 0 Å². The van der Waals surface area contributed by atoms with Crippen molar-refractivity contribution in [3.05, 3.63) is 71.2 Å². The van der Waals surface area contributed by atoms with Crippen LogP contribution in [-0.2, 0) is 6.42 Å². The molecule has 0 spiro atoms. The van der Waals surface area contributed by atoms with E-state index in [4.69, 9.17) is 0 Å². The second-order valence-electron chi connectivity index (χ2n) is 6.23. The quantitative estimate of drug-likeness (QED) is 0.340. The molecule has 3 nitrogen and oxygen atoms in total. The second kappa shape index (κ2) is 10.8. The van der Waals surface area contributed by atoms with Crippen LogP contribution in [0.25, 0.3) is 21.1 Å². The number of aryl methyl sites for hydroxylation is 1. The Labute approximate surface area is 169 Å². The molecule has 0 saturated heterocycles. The zero-order valence-electron chi connectivity index (χ0n) is 15.6. The molecule has 0 aliphatic carbocycles. The standard InChI is InChI=1S/C14H18S2.C8H7N3/c1-2-3-4-5-7-12-9-10-14(16-12)13-8-6-11-15-13;1-2-5-9-7(3-1)8-4-6-10-11-8/h6,8-11H,2-5,7H2,1H3;1-6H,(H,10,11). The van der Waals surface area contributed by atoms with E-state index in [1.54, 1.807) is 17.3 Å². The maximum absolute atomic E-state index is 4.14. The summed E-state index contributed by atoms with van der Waals surface area (Å²) in [7, 11) is 0. The molecule has 0 atom stereocenters. The third-order valence-electron chi connectivity index (χ3n) is 4.13. The maximum atomic E-state index is 4.14. The molecule has 0 amide bonds. The number of aromatic amines is 1. The Morgan fingerprint density at radius 3 is 2.56 bits per heavy atom.